The highest BCUT2D eigenvalue weighted by Crippen LogP contribution is 2.41. The highest BCUT2D eigenvalue weighted by molar-refractivity contribution is 8.03. The third kappa shape index (κ3) is 8.52. The van der Waals surface area contributed by atoms with Crippen molar-refractivity contribution in [1.82, 2.24) is 30.4 Å². The number of nitrogens with one attached hydrogen (secondary N) is 3. The minimum atomic E-state index is -1.42. The number of rotatable bonds is 17. The summed E-state index contributed by atoms with van der Waals surface area (Å²) in [6, 6.07) is -4.96. The van der Waals surface area contributed by atoms with E-state index in [-0.39, 0.29) is 27.2 Å². The minimum Gasteiger partial charge on any atom is -0.479 e. The molecule has 2 saturated heterocycles. The van der Waals surface area contributed by atoms with Crippen molar-refractivity contribution in [3.63, 3.8) is 0 Å². The normalized spacial score (nSPS) is 23.5. The zero-order chi connectivity index (χ0) is 42.7. The second kappa shape index (κ2) is 17.5. The number of nitrogen functional groups attached to an aromatic ring is 1. The van der Waals surface area contributed by atoms with Crippen molar-refractivity contribution < 1.29 is 63.4 Å². The lowest BCUT2D eigenvalue weighted by Gasteiger charge is -2.51. The van der Waals surface area contributed by atoms with Crippen LogP contribution in [-0.2, 0) is 48.0 Å². The van der Waals surface area contributed by atoms with Crippen molar-refractivity contribution in [2.45, 2.75) is 34.9 Å². The fourth-order valence-corrected chi connectivity index (χ4v) is 9.49. The molecule has 2 unspecified atom stereocenters. The molecule has 6 atom stereocenters. The molecule has 27 heteroatoms. The summed E-state index contributed by atoms with van der Waals surface area (Å²) in [5, 5.41) is 47.1. The summed E-state index contributed by atoms with van der Waals surface area (Å²) in [5.74, 6) is -8.23. The average molecular weight is 889 g/mol. The van der Waals surface area contributed by atoms with Crippen LogP contribution in [0, 0.1) is 0 Å². The summed E-state index contributed by atoms with van der Waals surface area (Å²) in [6.45, 7) is 5.39. The second-order valence-corrected chi connectivity index (χ2v) is 15.8. The van der Waals surface area contributed by atoms with Crippen LogP contribution < -0.4 is 21.7 Å². The van der Waals surface area contributed by atoms with Gasteiger partial charge < -0.3 is 51.2 Å². The first-order chi connectivity index (χ1) is 28.1. The van der Waals surface area contributed by atoms with Crippen molar-refractivity contribution >= 4 is 115 Å². The number of oxime groups is 2. The van der Waals surface area contributed by atoms with E-state index in [1.54, 1.807) is 0 Å². The topological polar surface area (TPSA) is 335 Å². The van der Waals surface area contributed by atoms with Gasteiger partial charge in [-0.15, -0.1) is 46.2 Å². The first-order valence-corrected chi connectivity index (χ1v) is 20.1. The maximum Gasteiger partial charge on any atom is 0.344 e. The number of anilines is 2. The first-order valence-electron chi connectivity index (χ1n) is 16.4. The van der Waals surface area contributed by atoms with E-state index in [0.29, 0.717) is 5.57 Å². The number of thiazole rings is 2. The summed E-state index contributed by atoms with van der Waals surface area (Å²) in [4.78, 5) is 121. The summed E-state index contributed by atoms with van der Waals surface area (Å²) in [7, 11) is 0. The quantitative estimate of drug-likeness (QED) is 0.0580. The third-order valence-electron chi connectivity index (χ3n) is 8.43. The molecule has 0 bridgehead atoms. The van der Waals surface area contributed by atoms with Gasteiger partial charge in [0.2, 0.25) is 18.4 Å². The van der Waals surface area contributed by atoms with E-state index in [0.717, 1.165) is 56.0 Å². The molecule has 0 aliphatic carbocycles. The molecule has 0 saturated carbocycles. The largest absolute Gasteiger partial charge is 0.479 e. The Kier molecular flexibility index (Phi) is 12.5. The lowest BCUT2D eigenvalue weighted by Crippen LogP contribution is -2.74. The Morgan fingerprint density at radius 3 is 1.69 bits per heavy atom. The molecule has 5 amide bonds. The number of nitrogens with zero attached hydrogens (tertiary/aromatic N) is 6. The van der Waals surface area contributed by atoms with E-state index in [1.165, 1.54) is 33.7 Å². The van der Waals surface area contributed by atoms with Crippen molar-refractivity contribution in [2.24, 2.45) is 10.3 Å². The minimum absolute atomic E-state index is 0.0552. The predicted octanol–water partition coefficient (Wildman–Crippen LogP) is -0.807. The Hall–Kier alpha value is -6.58. The molecule has 23 nitrogen and oxygen atoms in total. The number of carboxylic acids is 3. The van der Waals surface area contributed by atoms with Gasteiger partial charge in [-0.25, -0.2) is 24.4 Å². The summed E-state index contributed by atoms with van der Waals surface area (Å²) in [5.41, 5.74) is 5.01. The van der Waals surface area contributed by atoms with Crippen molar-refractivity contribution in [3.05, 3.63) is 69.4 Å². The van der Waals surface area contributed by atoms with Crippen LogP contribution in [0.4, 0.5) is 10.3 Å². The molecular weight excluding hydrogens is 861 g/mol. The van der Waals surface area contributed by atoms with E-state index in [4.69, 9.17) is 20.5 Å². The number of β-lactam (4-membered cyclic amide) rings is 2. The summed E-state index contributed by atoms with van der Waals surface area (Å²) < 4.78 is 0. The number of aromatic nitrogens is 2. The van der Waals surface area contributed by atoms with Gasteiger partial charge in [-0.1, -0.05) is 35.6 Å². The Bertz CT molecular complexity index is 2300. The van der Waals surface area contributed by atoms with Gasteiger partial charge in [-0.05, 0) is 22.0 Å². The van der Waals surface area contributed by atoms with E-state index < -0.39 is 107 Å². The fraction of sp³-hybridized carbons (Fsp3) is 0.250. The molecule has 6 heterocycles. The number of carboxylic acid groups (broad SMARTS) is 3. The molecule has 8 N–H and O–H groups in total. The van der Waals surface area contributed by atoms with Crippen LogP contribution in [-0.4, -0.2) is 142 Å². The molecule has 2 fully saturated rings. The molecule has 0 spiro atoms. The van der Waals surface area contributed by atoms with Gasteiger partial charge >= 0.3 is 17.9 Å². The van der Waals surface area contributed by atoms with Gasteiger partial charge in [0.1, 0.15) is 34.2 Å². The van der Waals surface area contributed by atoms with E-state index >= 15 is 0 Å². The number of hydrogen-bond donors (Lipinski definition) is 7. The fourth-order valence-electron chi connectivity index (χ4n) is 5.79. The number of amides is 5. The first kappa shape index (κ1) is 42.0. The van der Waals surface area contributed by atoms with Crippen LogP contribution >= 0.6 is 46.2 Å². The number of thioether (sulfide) groups is 2. The zero-order valence-corrected chi connectivity index (χ0v) is 32.8. The predicted molar refractivity (Wildman–Crippen MR) is 210 cm³/mol. The monoisotopic (exact) mass is 888 g/mol. The second-order valence-electron chi connectivity index (χ2n) is 12.0. The molecule has 2 aromatic rings. The van der Waals surface area contributed by atoms with Crippen LogP contribution in [0.2, 0.25) is 0 Å². The number of carbonyl (C=O) groups is 8. The van der Waals surface area contributed by atoms with Gasteiger partial charge in [0, 0.05) is 10.8 Å². The maximum atomic E-state index is 13.4. The van der Waals surface area contributed by atoms with E-state index in [9.17, 15) is 48.6 Å². The van der Waals surface area contributed by atoms with Gasteiger partial charge in [-0.2, -0.15) is 0 Å². The highest BCUT2D eigenvalue weighted by Gasteiger charge is 2.57. The van der Waals surface area contributed by atoms with Crippen LogP contribution in [0.1, 0.15) is 11.4 Å². The number of hydrogen-bond acceptors (Lipinski definition) is 19. The molecule has 0 aromatic carbocycles. The molecule has 4 aliphatic rings. The van der Waals surface area contributed by atoms with Crippen molar-refractivity contribution in [3.8, 4) is 0 Å². The molecule has 6 rings (SSSR count). The molecule has 59 heavy (non-hydrogen) atoms. The van der Waals surface area contributed by atoms with E-state index in [1.807, 2.05) is 0 Å². The van der Waals surface area contributed by atoms with Gasteiger partial charge in [0.15, 0.2) is 40.4 Å². The standard InChI is InChI=1S/C32H28N10O13S4/c1-3-11-7-56-27-19(25(48)41(27)21(11)29(50)51)37-23(46)17(13-9-58-31(33)34-13)39-54-5-15(43)36-32-35-14(10-59-32)18(40-55-6-16(44)45)24(47)38-20-26(49)42-22(30(52)53)12(4-2)8-57-28(20)42/h3-4,7-10,19-22,27-28H,1-2,5-6H2,(H2,33,34)(H,37,46)(H,38,47)(H,44,45)(H,50,51)(H,52,53)(H,35,36,43)/b39-17-,40-18-/t19-,20-,21?,22?,27-,28-/m1/s1. The smallest absolute Gasteiger partial charge is 0.344 e. The van der Waals surface area contributed by atoms with Gasteiger partial charge in [0.25, 0.3) is 17.7 Å². The Morgan fingerprint density at radius 2 is 1.25 bits per heavy atom. The van der Waals surface area contributed by atoms with Crippen molar-refractivity contribution in [2.75, 3.05) is 24.3 Å². The van der Waals surface area contributed by atoms with Crippen LogP contribution in [0.5, 0.6) is 0 Å². The van der Waals surface area contributed by atoms with Gasteiger partial charge in [-0.3, -0.25) is 29.3 Å². The van der Waals surface area contributed by atoms with Crippen molar-refractivity contribution in [1.29, 1.82) is 0 Å². The Balaban J connectivity index is 1.10. The SMILES string of the molecule is C=CC1=CS[C@@H]2[C@H](NC(=O)/C(=N\OCC(=O)Nc3nc(/C(=N/OCC(=O)O)C(=O)N[C@@H]4C(=O)N5C(C(=O)O)C(C=C)=CS[C@H]45)cs3)c3csc(N)n3)C(=O)N2C1C(=O)O. The van der Waals surface area contributed by atoms with Crippen LogP contribution in [0.3, 0.4) is 0 Å². The lowest BCUT2D eigenvalue weighted by atomic mass is 9.98. The molecule has 4 aliphatic heterocycles. The average Bonchev–Trinajstić information content (AvgIpc) is 3.85. The third-order valence-corrected chi connectivity index (χ3v) is 12.2. The Morgan fingerprint density at radius 1 is 0.780 bits per heavy atom. The lowest BCUT2D eigenvalue weighted by molar-refractivity contribution is -0.159. The van der Waals surface area contributed by atoms with E-state index in [2.05, 4.69) is 49.4 Å². The van der Waals surface area contributed by atoms with Crippen LogP contribution in [0.25, 0.3) is 0 Å². The number of carbonyl (C=O) groups excluding carboxylic acids is 5. The highest BCUT2D eigenvalue weighted by atomic mass is 32.2. The summed E-state index contributed by atoms with van der Waals surface area (Å²) in [6.07, 6.45) is 2.63. The number of fused-ring (bicyclic) bond motifs is 2. The molecule has 308 valence electrons. The molecular formula is C32H28N10O13S4. The molecule has 0 radical (unpaired) electrons. The van der Waals surface area contributed by atoms with Crippen LogP contribution in [0.15, 0.2) is 68.3 Å². The maximum absolute atomic E-state index is 13.4. The zero-order valence-electron chi connectivity index (χ0n) is 29.6. The number of aliphatic carboxylic acids is 3. The number of nitrogens with two attached hydrogens (primary N) is 1. The Labute approximate surface area is 346 Å². The molecule has 2 aromatic heterocycles. The summed E-state index contributed by atoms with van der Waals surface area (Å²) >= 11 is 3.95. The van der Waals surface area contributed by atoms with Gasteiger partial charge in [0.05, 0.1) is 0 Å².